The summed E-state index contributed by atoms with van der Waals surface area (Å²) in [7, 11) is 0. The fraction of sp³-hybridized carbons (Fsp3) is 0.278. The third-order valence-electron chi connectivity index (χ3n) is 4.04. The summed E-state index contributed by atoms with van der Waals surface area (Å²) in [6.45, 7) is 4.92. The van der Waals surface area contributed by atoms with Crippen molar-refractivity contribution in [2.75, 3.05) is 31.2 Å². The Hall–Kier alpha value is -2.93. The standard InChI is InChI=1S/C18H19N3O4/c1-13-10-14(18(22)17(11-13)21(23)24)12-19-15-2-4-16(5-3-15)20-6-8-25-9-7-20/h2-5,10-12,22H,6-9H2,1H3. The average molecular weight is 341 g/mol. The maximum absolute atomic E-state index is 11.0. The summed E-state index contributed by atoms with van der Waals surface area (Å²) in [5, 5.41) is 21.0. The number of hydrogen-bond acceptors (Lipinski definition) is 6. The maximum atomic E-state index is 11.0. The minimum atomic E-state index is -0.600. The van der Waals surface area contributed by atoms with Gasteiger partial charge in [-0.1, -0.05) is 0 Å². The first-order chi connectivity index (χ1) is 12.0. The van der Waals surface area contributed by atoms with Crippen LogP contribution >= 0.6 is 0 Å². The van der Waals surface area contributed by atoms with Gasteiger partial charge < -0.3 is 14.7 Å². The summed E-state index contributed by atoms with van der Waals surface area (Å²) in [4.78, 5) is 16.9. The summed E-state index contributed by atoms with van der Waals surface area (Å²) >= 11 is 0. The smallest absolute Gasteiger partial charge is 0.311 e. The Morgan fingerprint density at radius 1 is 1.24 bits per heavy atom. The minimum absolute atomic E-state index is 0.316. The molecule has 130 valence electrons. The molecule has 2 aromatic carbocycles. The molecule has 0 aliphatic carbocycles. The topological polar surface area (TPSA) is 88.2 Å². The minimum Gasteiger partial charge on any atom is -0.502 e. The van der Waals surface area contributed by atoms with Gasteiger partial charge in [-0.3, -0.25) is 15.1 Å². The number of hydrogen-bond donors (Lipinski definition) is 1. The fourth-order valence-corrected chi connectivity index (χ4v) is 2.74. The molecule has 0 atom stereocenters. The number of nitro benzene ring substituents is 1. The van der Waals surface area contributed by atoms with Crippen molar-refractivity contribution >= 4 is 23.3 Å². The quantitative estimate of drug-likeness (QED) is 0.524. The number of aliphatic imine (C=N–C) groups is 1. The molecule has 0 aromatic heterocycles. The van der Waals surface area contributed by atoms with Crippen LogP contribution in [0.25, 0.3) is 0 Å². The molecule has 7 heteroatoms. The zero-order valence-electron chi connectivity index (χ0n) is 13.9. The first kappa shape index (κ1) is 16.9. The van der Waals surface area contributed by atoms with Crippen molar-refractivity contribution in [2.24, 2.45) is 4.99 Å². The van der Waals surface area contributed by atoms with E-state index < -0.39 is 4.92 Å². The van der Waals surface area contributed by atoms with Crippen LogP contribution in [0, 0.1) is 17.0 Å². The molecule has 0 bridgehead atoms. The largest absolute Gasteiger partial charge is 0.502 e. The van der Waals surface area contributed by atoms with Crippen LogP contribution in [0.1, 0.15) is 11.1 Å². The lowest BCUT2D eigenvalue weighted by molar-refractivity contribution is -0.385. The number of morpholine rings is 1. The number of nitrogens with zero attached hydrogens (tertiary/aromatic N) is 3. The summed E-state index contributed by atoms with van der Waals surface area (Å²) in [6.07, 6.45) is 1.44. The second kappa shape index (κ2) is 7.31. The van der Waals surface area contributed by atoms with Gasteiger partial charge in [0.25, 0.3) is 0 Å². The molecule has 1 aliphatic rings. The van der Waals surface area contributed by atoms with Gasteiger partial charge in [0, 0.05) is 36.6 Å². The number of aromatic hydroxyl groups is 1. The van der Waals surface area contributed by atoms with Gasteiger partial charge in [-0.25, -0.2) is 0 Å². The van der Waals surface area contributed by atoms with Gasteiger partial charge in [0.05, 0.1) is 23.8 Å². The van der Waals surface area contributed by atoms with Crippen molar-refractivity contribution in [3.8, 4) is 5.75 Å². The molecule has 7 nitrogen and oxygen atoms in total. The van der Waals surface area contributed by atoms with Crippen molar-refractivity contribution in [1.82, 2.24) is 0 Å². The Kier molecular flexibility index (Phi) is 4.95. The summed E-state index contributed by atoms with van der Waals surface area (Å²) in [5.74, 6) is -0.371. The number of ether oxygens (including phenoxy) is 1. The SMILES string of the molecule is Cc1cc(C=Nc2ccc(N3CCOCC3)cc2)c(O)c([N+](=O)[O-])c1. The normalized spacial score (nSPS) is 14.8. The Bertz CT molecular complexity index is 797. The van der Waals surface area contributed by atoms with E-state index in [1.54, 1.807) is 13.0 Å². The molecule has 1 saturated heterocycles. The molecule has 25 heavy (non-hydrogen) atoms. The molecule has 0 saturated carbocycles. The molecule has 1 fully saturated rings. The molecule has 1 aliphatic heterocycles. The first-order valence-electron chi connectivity index (χ1n) is 7.99. The first-order valence-corrected chi connectivity index (χ1v) is 7.99. The second-order valence-corrected chi connectivity index (χ2v) is 5.85. The maximum Gasteiger partial charge on any atom is 0.311 e. The predicted octanol–water partition coefficient (Wildman–Crippen LogP) is 3.20. The number of phenolic OH excluding ortho intramolecular Hbond substituents is 1. The van der Waals surface area contributed by atoms with E-state index in [9.17, 15) is 15.2 Å². The van der Waals surface area contributed by atoms with Crippen LogP contribution in [0.5, 0.6) is 5.75 Å². The molecule has 0 unspecified atom stereocenters. The zero-order chi connectivity index (χ0) is 17.8. The van der Waals surface area contributed by atoms with Gasteiger partial charge >= 0.3 is 5.69 Å². The second-order valence-electron chi connectivity index (χ2n) is 5.85. The van der Waals surface area contributed by atoms with Crippen molar-refractivity contribution in [2.45, 2.75) is 6.92 Å². The molecular weight excluding hydrogens is 322 g/mol. The van der Waals surface area contributed by atoms with Crippen LogP contribution < -0.4 is 4.90 Å². The highest BCUT2D eigenvalue weighted by molar-refractivity contribution is 5.87. The third kappa shape index (κ3) is 3.95. The van der Waals surface area contributed by atoms with Crippen molar-refractivity contribution in [3.05, 3.63) is 57.6 Å². The summed E-state index contributed by atoms with van der Waals surface area (Å²) in [6, 6.07) is 10.7. The highest BCUT2D eigenvalue weighted by Crippen LogP contribution is 2.30. The predicted molar refractivity (Wildman–Crippen MR) is 96.2 cm³/mol. The number of aryl methyl sites for hydroxylation is 1. The number of rotatable bonds is 4. The lowest BCUT2D eigenvalue weighted by atomic mass is 10.1. The van der Waals surface area contributed by atoms with Gasteiger partial charge in [-0.15, -0.1) is 0 Å². The van der Waals surface area contributed by atoms with Crippen molar-refractivity contribution in [1.29, 1.82) is 0 Å². The Morgan fingerprint density at radius 3 is 2.56 bits per heavy atom. The van der Waals surface area contributed by atoms with Gasteiger partial charge in [-0.2, -0.15) is 0 Å². The van der Waals surface area contributed by atoms with Crippen LogP contribution in [0.4, 0.5) is 17.1 Å². The van der Waals surface area contributed by atoms with E-state index >= 15 is 0 Å². The Morgan fingerprint density at radius 2 is 1.92 bits per heavy atom. The zero-order valence-corrected chi connectivity index (χ0v) is 13.9. The molecule has 1 heterocycles. The lowest BCUT2D eigenvalue weighted by Crippen LogP contribution is -2.36. The summed E-state index contributed by atoms with van der Waals surface area (Å²) in [5.41, 5.74) is 2.51. The number of anilines is 1. The van der Waals surface area contributed by atoms with Crippen molar-refractivity contribution < 1.29 is 14.8 Å². The van der Waals surface area contributed by atoms with Crippen LogP contribution in [0.2, 0.25) is 0 Å². The van der Waals surface area contributed by atoms with Gasteiger partial charge in [0.15, 0.2) is 0 Å². The van der Waals surface area contributed by atoms with E-state index in [2.05, 4.69) is 9.89 Å². The third-order valence-corrected chi connectivity index (χ3v) is 4.04. The molecule has 3 rings (SSSR count). The number of nitro groups is 1. The molecule has 0 spiro atoms. The molecule has 2 aromatic rings. The van der Waals surface area contributed by atoms with Gasteiger partial charge in [-0.05, 0) is 42.8 Å². The number of phenols is 1. The summed E-state index contributed by atoms with van der Waals surface area (Å²) < 4.78 is 5.34. The van der Waals surface area contributed by atoms with E-state index in [0.717, 1.165) is 32.0 Å². The van der Waals surface area contributed by atoms with E-state index in [1.807, 2.05) is 24.3 Å². The Labute approximate surface area is 145 Å². The van der Waals surface area contributed by atoms with Crippen LogP contribution in [0.15, 0.2) is 41.4 Å². The van der Waals surface area contributed by atoms with Gasteiger partial charge in [0.2, 0.25) is 5.75 Å². The number of benzene rings is 2. The van der Waals surface area contributed by atoms with E-state index in [-0.39, 0.29) is 11.4 Å². The van der Waals surface area contributed by atoms with E-state index in [0.29, 0.717) is 16.8 Å². The average Bonchev–Trinajstić information content (AvgIpc) is 2.63. The lowest BCUT2D eigenvalue weighted by Gasteiger charge is -2.28. The highest BCUT2D eigenvalue weighted by atomic mass is 16.6. The molecule has 1 N–H and O–H groups in total. The molecule has 0 radical (unpaired) electrons. The highest BCUT2D eigenvalue weighted by Gasteiger charge is 2.17. The monoisotopic (exact) mass is 341 g/mol. The van der Waals surface area contributed by atoms with Crippen molar-refractivity contribution in [3.63, 3.8) is 0 Å². The van der Waals surface area contributed by atoms with Crippen LogP contribution in [-0.2, 0) is 4.74 Å². The van der Waals surface area contributed by atoms with E-state index in [1.165, 1.54) is 12.3 Å². The van der Waals surface area contributed by atoms with E-state index in [4.69, 9.17) is 4.74 Å². The van der Waals surface area contributed by atoms with Crippen LogP contribution in [-0.4, -0.2) is 42.5 Å². The van der Waals surface area contributed by atoms with Gasteiger partial charge in [0.1, 0.15) is 0 Å². The van der Waals surface area contributed by atoms with Crippen LogP contribution in [0.3, 0.4) is 0 Å². The Balaban J connectivity index is 1.79. The molecule has 0 amide bonds. The fourth-order valence-electron chi connectivity index (χ4n) is 2.74. The molecular formula is C18H19N3O4.